The number of amides is 1. The molecule has 7 nitrogen and oxygen atoms in total. The molecule has 3 aromatic carbocycles. The lowest BCUT2D eigenvalue weighted by atomic mass is 9.94. The fourth-order valence-electron chi connectivity index (χ4n) is 4.79. The smallest absolute Gasteiger partial charge is 0.260 e. The van der Waals surface area contributed by atoms with Gasteiger partial charge < -0.3 is 9.84 Å². The molecule has 1 amide bonds. The number of carbonyl (C=O) groups is 1. The van der Waals surface area contributed by atoms with E-state index in [4.69, 9.17) is 27.7 Å². The highest BCUT2D eigenvalue weighted by molar-refractivity contribution is 7.99. The average Bonchev–Trinajstić information content (AvgIpc) is 3.35. The van der Waals surface area contributed by atoms with Gasteiger partial charge in [0, 0.05) is 37.6 Å². The first-order valence-electron chi connectivity index (χ1n) is 12.4. The Bertz CT molecular complexity index is 1750. The predicted molar refractivity (Wildman–Crippen MR) is 151 cm³/mol. The van der Waals surface area contributed by atoms with Gasteiger partial charge in [0.25, 0.3) is 5.89 Å². The normalized spacial score (nSPS) is 14.0. The molecule has 12 heteroatoms. The molecular weight excluding hydrogens is 579 g/mol. The number of nitrogens with zero attached hydrogens (tertiary/aromatic N) is 4. The second-order valence-electron chi connectivity index (χ2n) is 9.45. The van der Waals surface area contributed by atoms with Gasteiger partial charge in [0.15, 0.2) is 5.82 Å². The second kappa shape index (κ2) is 10.5. The molecule has 0 aliphatic heterocycles. The molecule has 0 bridgehead atoms. The van der Waals surface area contributed by atoms with E-state index in [1.54, 1.807) is 34.8 Å². The summed E-state index contributed by atoms with van der Waals surface area (Å²) in [5.74, 6) is -0.594. The molecular formula is C28H21Cl2F2N5O2S. The van der Waals surface area contributed by atoms with Crippen molar-refractivity contribution < 1.29 is 18.1 Å². The molecule has 1 fully saturated rings. The molecule has 2 heterocycles. The van der Waals surface area contributed by atoms with Crippen LogP contribution in [-0.4, -0.2) is 31.6 Å². The Morgan fingerprint density at radius 1 is 1.12 bits per heavy atom. The molecule has 0 saturated heterocycles. The number of hydrogen-bond donors (Lipinski definition) is 1. The minimum Gasteiger partial charge on any atom is -0.334 e. The Morgan fingerprint density at radius 2 is 1.90 bits per heavy atom. The molecule has 0 spiro atoms. The van der Waals surface area contributed by atoms with Crippen LogP contribution in [0.4, 0.5) is 14.5 Å². The molecule has 2 aromatic heterocycles. The molecule has 1 aliphatic rings. The first-order valence-corrected chi connectivity index (χ1v) is 14.2. The summed E-state index contributed by atoms with van der Waals surface area (Å²) in [5, 5.41) is 12.9. The molecule has 1 saturated carbocycles. The lowest BCUT2D eigenvalue weighted by molar-refractivity contribution is -0.116. The lowest BCUT2D eigenvalue weighted by Gasteiger charge is -2.17. The Hall–Kier alpha value is -3.47. The first kappa shape index (κ1) is 26.7. The summed E-state index contributed by atoms with van der Waals surface area (Å²) in [6, 6.07) is 12.4. The number of nitrogens with one attached hydrogen (secondary N) is 1. The van der Waals surface area contributed by atoms with E-state index in [2.05, 4.69) is 33.5 Å². The Balaban J connectivity index is 1.21. The SMILES string of the molecule is CCSc1ccc2c(cnn2CC(=O)Nc2cc(Cl)c(C3(c4noc(-c5ccc(F)cc5F)n4)CC3)c(Cl)c2)c1. The number of halogens is 4. The van der Waals surface area contributed by atoms with Crippen molar-refractivity contribution in [2.75, 3.05) is 11.1 Å². The number of fused-ring (bicyclic) bond motifs is 1. The third-order valence-electron chi connectivity index (χ3n) is 6.79. The average molecular weight is 600 g/mol. The second-order valence-corrected chi connectivity index (χ2v) is 11.6. The highest BCUT2D eigenvalue weighted by Gasteiger charge is 2.52. The summed E-state index contributed by atoms with van der Waals surface area (Å²) < 4.78 is 34.5. The molecule has 6 rings (SSSR count). The van der Waals surface area contributed by atoms with Crippen molar-refractivity contribution in [3.63, 3.8) is 0 Å². The number of aromatic nitrogens is 4. The molecule has 0 atom stereocenters. The Kier molecular flexibility index (Phi) is 7.02. The van der Waals surface area contributed by atoms with Crippen LogP contribution in [0.2, 0.25) is 10.0 Å². The van der Waals surface area contributed by atoms with E-state index in [1.165, 1.54) is 6.07 Å². The van der Waals surface area contributed by atoms with Crippen molar-refractivity contribution >= 4 is 57.5 Å². The largest absolute Gasteiger partial charge is 0.334 e. The maximum Gasteiger partial charge on any atom is 0.260 e. The van der Waals surface area contributed by atoms with Crippen molar-refractivity contribution in [2.24, 2.45) is 0 Å². The minimum atomic E-state index is -0.806. The van der Waals surface area contributed by atoms with Gasteiger partial charge in [0.2, 0.25) is 5.91 Å². The monoisotopic (exact) mass is 599 g/mol. The van der Waals surface area contributed by atoms with Gasteiger partial charge in [-0.3, -0.25) is 9.48 Å². The first-order chi connectivity index (χ1) is 19.3. The molecule has 0 radical (unpaired) electrons. The standard InChI is InChI=1S/C28H21Cl2F2N5O2S/c1-2-40-18-4-6-23-15(9-18)13-33-37(23)14-24(38)34-17-11-20(29)25(21(30)12-17)28(7-8-28)27-35-26(39-36-27)19-5-3-16(31)10-22(19)32/h3-6,9-13H,2,7-8,14H2,1H3,(H,34,38). The van der Waals surface area contributed by atoms with Gasteiger partial charge in [-0.05, 0) is 61.1 Å². The van der Waals surface area contributed by atoms with Gasteiger partial charge in [-0.15, -0.1) is 11.8 Å². The van der Waals surface area contributed by atoms with Crippen LogP contribution in [0.5, 0.6) is 0 Å². The molecule has 204 valence electrons. The molecule has 1 N–H and O–H groups in total. The quantitative estimate of drug-likeness (QED) is 0.186. The number of thioether (sulfide) groups is 1. The van der Waals surface area contributed by atoms with Gasteiger partial charge in [-0.25, -0.2) is 8.78 Å². The topological polar surface area (TPSA) is 85.8 Å². The van der Waals surface area contributed by atoms with Crippen molar-refractivity contribution in [3.05, 3.63) is 87.8 Å². The zero-order valence-corrected chi connectivity index (χ0v) is 23.4. The van der Waals surface area contributed by atoms with Gasteiger partial charge in [0.05, 0.1) is 22.7 Å². The summed E-state index contributed by atoms with van der Waals surface area (Å²) >= 11 is 15.1. The van der Waals surface area contributed by atoms with Crippen LogP contribution in [0.1, 0.15) is 31.2 Å². The molecule has 0 unspecified atom stereocenters. The number of hydrogen-bond acceptors (Lipinski definition) is 6. The maximum atomic E-state index is 14.2. The van der Waals surface area contributed by atoms with Crippen molar-refractivity contribution in [3.8, 4) is 11.5 Å². The third kappa shape index (κ3) is 4.95. The van der Waals surface area contributed by atoms with E-state index in [0.717, 1.165) is 33.7 Å². The number of rotatable bonds is 8. The summed E-state index contributed by atoms with van der Waals surface area (Å²) in [6.07, 6.45) is 3.04. The lowest BCUT2D eigenvalue weighted by Crippen LogP contribution is -2.20. The molecule has 40 heavy (non-hydrogen) atoms. The van der Waals surface area contributed by atoms with E-state index in [0.29, 0.717) is 40.0 Å². The van der Waals surface area contributed by atoms with E-state index in [1.807, 2.05) is 12.1 Å². The van der Waals surface area contributed by atoms with Crippen molar-refractivity contribution in [2.45, 2.75) is 36.6 Å². The summed E-state index contributed by atoms with van der Waals surface area (Å²) in [4.78, 5) is 18.4. The fraction of sp³-hybridized carbons (Fsp3) is 0.214. The van der Waals surface area contributed by atoms with Gasteiger partial charge in [-0.2, -0.15) is 10.1 Å². The van der Waals surface area contributed by atoms with Crippen LogP contribution in [0.3, 0.4) is 0 Å². The van der Waals surface area contributed by atoms with Crippen LogP contribution in [0.15, 0.2) is 64.1 Å². The minimum absolute atomic E-state index is 0.00328. The molecule has 5 aromatic rings. The predicted octanol–water partition coefficient (Wildman–Crippen LogP) is 7.50. The van der Waals surface area contributed by atoms with Crippen LogP contribution in [-0.2, 0) is 16.8 Å². The number of carbonyl (C=O) groups excluding carboxylic acids is 1. The van der Waals surface area contributed by atoms with E-state index < -0.39 is 17.0 Å². The van der Waals surface area contributed by atoms with E-state index in [-0.39, 0.29) is 23.9 Å². The van der Waals surface area contributed by atoms with Crippen LogP contribution >= 0.6 is 35.0 Å². The zero-order chi connectivity index (χ0) is 28.0. The third-order valence-corrected chi connectivity index (χ3v) is 8.26. The number of benzene rings is 3. The van der Waals surface area contributed by atoms with E-state index in [9.17, 15) is 13.6 Å². The van der Waals surface area contributed by atoms with Gasteiger partial charge in [0.1, 0.15) is 18.2 Å². The Morgan fingerprint density at radius 3 is 2.60 bits per heavy atom. The Labute approximate surface area is 241 Å². The highest BCUT2D eigenvalue weighted by Crippen LogP contribution is 2.57. The van der Waals surface area contributed by atoms with Crippen LogP contribution < -0.4 is 5.32 Å². The van der Waals surface area contributed by atoms with Gasteiger partial charge in [-0.1, -0.05) is 35.3 Å². The number of anilines is 1. The zero-order valence-electron chi connectivity index (χ0n) is 21.1. The maximum absolute atomic E-state index is 14.2. The van der Waals surface area contributed by atoms with Crippen molar-refractivity contribution in [1.29, 1.82) is 0 Å². The van der Waals surface area contributed by atoms with Crippen LogP contribution in [0, 0.1) is 11.6 Å². The van der Waals surface area contributed by atoms with Crippen molar-refractivity contribution in [1.82, 2.24) is 19.9 Å². The summed E-state index contributed by atoms with van der Waals surface area (Å²) in [6.45, 7) is 2.11. The summed E-state index contributed by atoms with van der Waals surface area (Å²) in [7, 11) is 0. The van der Waals surface area contributed by atoms with Gasteiger partial charge >= 0.3 is 0 Å². The summed E-state index contributed by atoms with van der Waals surface area (Å²) in [5.41, 5.74) is 1.17. The highest BCUT2D eigenvalue weighted by atomic mass is 35.5. The van der Waals surface area contributed by atoms with E-state index >= 15 is 0 Å². The van der Waals surface area contributed by atoms with Crippen LogP contribution in [0.25, 0.3) is 22.4 Å². The fourth-order valence-corrected chi connectivity index (χ4v) is 6.34. The molecule has 1 aliphatic carbocycles.